The van der Waals surface area contributed by atoms with E-state index in [1.54, 1.807) is 18.3 Å². The number of aliphatic hydroxyl groups excluding tert-OH is 1. The van der Waals surface area contributed by atoms with E-state index >= 15 is 0 Å². The van der Waals surface area contributed by atoms with Crippen LogP contribution in [0.3, 0.4) is 0 Å². The molecule has 0 fully saturated rings. The molecule has 2 amide bonds. The molecule has 0 bridgehead atoms. The molecule has 1 atom stereocenters. The molecule has 1 aromatic heterocycles. The molecule has 0 aliphatic rings. The summed E-state index contributed by atoms with van der Waals surface area (Å²) in [5.41, 5.74) is 1.27. The quantitative estimate of drug-likeness (QED) is 0.743. The van der Waals surface area contributed by atoms with E-state index in [1.807, 2.05) is 30.3 Å². The van der Waals surface area contributed by atoms with Gasteiger partial charge in [-0.1, -0.05) is 41.9 Å². The number of anilines is 1. The number of carbonyl (C=O) groups excluding carboxylic acids is 1. The van der Waals surface area contributed by atoms with Gasteiger partial charge in [-0.25, -0.2) is 9.78 Å². The third kappa shape index (κ3) is 4.73. The van der Waals surface area contributed by atoms with Gasteiger partial charge in [0.2, 0.25) is 0 Å². The molecule has 110 valence electrons. The van der Waals surface area contributed by atoms with E-state index < -0.39 is 6.10 Å². The number of carbonyl (C=O) groups is 1. The summed E-state index contributed by atoms with van der Waals surface area (Å²) in [5.74, 6) is 0. The Balaban J connectivity index is 1.76. The number of aromatic nitrogens is 1. The van der Waals surface area contributed by atoms with E-state index in [0.717, 1.165) is 5.56 Å². The van der Waals surface area contributed by atoms with Crippen LogP contribution >= 0.6 is 11.6 Å². The third-order valence-electron chi connectivity index (χ3n) is 2.89. The van der Waals surface area contributed by atoms with Gasteiger partial charge in [-0.3, -0.25) is 0 Å². The summed E-state index contributed by atoms with van der Waals surface area (Å²) in [5, 5.41) is 15.5. The van der Waals surface area contributed by atoms with Crippen molar-refractivity contribution in [1.29, 1.82) is 0 Å². The molecule has 21 heavy (non-hydrogen) atoms. The van der Waals surface area contributed by atoms with E-state index in [0.29, 0.717) is 18.7 Å². The minimum Gasteiger partial charge on any atom is -0.388 e. The number of hydrogen-bond donors (Lipinski definition) is 3. The molecular formula is C15H16ClN3O2. The maximum Gasteiger partial charge on any atom is 0.319 e. The number of aliphatic hydroxyl groups is 1. The third-order valence-corrected chi connectivity index (χ3v) is 3.20. The van der Waals surface area contributed by atoms with Crippen LogP contribution in [0.5, 0.6) is 0 Å². The smallest absolute Gasteiger partial charge is 0.319 e. The van der Waals surface area contributed by atoms with Crippen molar-refractivity contribution in [3.63, 3.8) is 0 Å². The van der Waals surface area contributed by atoms with Gasteiger partial charge < -0.3 is 15.7 Å². The average molecular weight is 306 g/mol. The molecule has 0 saturated heterocycles. The second-order valence-electron chi connectivity index (χ2n) is 4.44. The van der Waals surface area contributed by atoms with Crippen LogP contribution in [-0.4, -0.2) is 22.7 Å². The minimum absolute atomic E-state index is 0.233. The number of nitrogens with zero attached hydrogens (tertiary/aromatic N) is 1. The van der Waals surface area contributed by atoms with Crippen LogP contribution in [0.2, 0.25) is 5.15 Å². The van der Waals surface area contributed by atoms with Gasteiger partial charge in [0.15, 0.2) is 5.15 Å². The molecule has 2 aromatic rings. The Bertz CT molecular complexity index is 592. The van der Waals surface area contributed by atoms with Gasteiger partial charge in [-0.15, -0.1) is 0 Å². The fourth-order valence-electron chi connectivity index (χ4n) is 1.81. The van der Waals surface area contributed by atoms with E-state index in [9.17, 15) is 9.90 Å². The summed E-state index contributed by atoms with van der Waals surface area (Å²) < 4.78 is 0. The number of benzene rings is 1. The average Bonchev–Trinajstić information content (AvgIpc) is 2.50. The van der Waals surface area contributed by atoms with E-state index in [2.05, 4.69) is 15.6 Å². The highest BCUT2D eigenvalue weighted by Gasteiger charge is 2.09. The van der Waals surface area contributed by atoms with Crippen molar-refractivity contribution in [1.82, 2.24) is 10.3 Å². The van der Waals surface area contributed by atoms with Crippen molar-refractivity contribution in [2.24, 2.45) is 0 Å². The molecule has 0 aliphatic heterocycles. The van der Waals surface area contributed by atoms with Gasteiger partial charge in [0.05, 0.1) is 11.8 Å². The lowest BCUT2D eigenvalue weighted by Crippen LogP contribution is -2.30. The van der Waals surface area contributed by atoms with Crippen molar-refractivity contribution in [2.45, 2.75) is 12.5 Å². The topological polar surface area (TPSA) is 74.2 Å². The van der Waals surface area contributed by atoms with Crippen molar-refractivity contribution in [2.75, 3.05) is 11.9 Å². The summed E-state index contributed by atoms with van der Waals surface area (Å²) in [6.45, 7) is 0.347. The van der Waals surface area contributed by atoms with Gasteiger partial charge in [-0.05, 0) is 24.1 Å². The van der Waals surface area contributed by atoms with Crippen LogP contribution in [0.1, 0.15) is 18.1 Å². The van der Waals surface area contributed by atoms with E-state index in [4.69, 9.17) is 11.6 Å². The highest BCUT2D eigenvalue weighted by atomic mass is 35.5. The van der Waals surface area contributed by atoms with Crippen LogP contribution in [0, 0.1) is 0 Å². The largest absolute Gasteiger partial charge is 0.388 e. The fraction of sp³-hybridized carbons (Fsp3) is 0.200. The normalized spacial score (nSPS) is 11.7. The van der Waals surface area contributed by atoms with Crippen LogP contribution in [0.4, 0.5) is 10.5 Å². The first-order chi connectivity index (χ1) is 10.2. The number of amides is 2. The predicted octanol–water partition coefficient (Wildman–Crippen LogP) is 2.98. The molecule has 0 radical (unpaired) electrons. The van der Waals surface area contributed by atoms with Gasteiger partial charge in [0.1, 0.15) is 0 Å². The molecule has 1 unspecified atom stereocenters. The van der Waals surface area contributed by atoms with Gasteiger partial charge in [0, 0.05) is 12.7 Å². The van der Waals surface area contributed by atoms with E-state index in [-0.39, 0.29) is 11.2 Å². The fourth-order valence-corrected chi connectivity index (χ4v) is 1.98. The van der Waals surface area contributed by atoms with Gasteiger partial charge >= 0.3 is 6.03 Å². The maximum absolute atomic E-state index is 11.7. The Labute approximate surface area is 128 Å². The molecule has 1 aromatic carbocycles. The number of rotatable bonds is 5. The summed E-state index contributed by atoms with van der Waals surface area (Å²) in [4.78, 5) is 15.6. The summed E-state index contributed by atoms with van der Waals surface area (Å²) >= 11 is 5.84. The highest BCUT2D eigenvalue weighted by Crippen LogP contribution is 2.17. The summed E-state index contributed by atoms with van der Waals surface area (Å²) in [6.07, 6.45) is 1.37. The van der Waals surface area contributed by atoms with Crippen LogP contribution in [0.25, 0.3) is 0 Å². The maximum atomic E-state index is 11.7. The minimum atomic E-state index is -0.603. The summed E-state index contributed by atoms with van der Waals surface area (Å²) in [7, 11) is 0. The van der Waals surface area contributed by atoms with Crippen molar-refractivity contribution >= 4 is 23.3 Å². The second kappa shape index (κ2) is 7.61. The molecule has 0 aliphatic carbocycles. The molecule has 3 N–H and O–H groups in total. The second-order valence-corrected chi connectivity index (χ2v) is 4.80. The molecule has 6 heteroatoms. The summed E-state index contributed by atoms with van der Waals surface area (Å²) in [6, 6.07) is 12.3. The zero-order valence-electron chi connectivity index (χ0n) is 11.3. The molecule has 2 rings (SSSR count). The van der Waals surface area contributed by atoms with Gasteiger partial charge in [0.25, 0.3) is 0 Å². The molecule has 0 saturated carbocycles. The lowest BCUT2D eigenvalue weighted by Gasteiger charge is -2.12. The monoisotopic (exact) mass is 305 g/mol. The SMILES string of the molecule is O=C(NCCC(O)c1ccccc1)Nc1cccnc1Cl. The first-order valence-corrected chi connectivity index (χ1v) is 6.93. The Morgan fingerprint density at radius 3 is 2.71 bits per heavy atom. The Morgan fingerprint density at radius 1 is 1.24 bits per heavy atom. The zero-order chi connectivity index (χ0) is 15.1. The molecule has 1 heterocycles. The van der Waals surface area contributed by atoms with Crippen LogP contribution in [-0.2, 0) is 0 Å². The van der Waals surface area contributed by atoms with Crippen LogP contribution < -0.4 is 10.6 Å². The number of urea groups is 1. The van der Waals surface area contributed by atoms with Crippen molar-refractivity contribution in [3.05, 3.63) is 59.4 Å². The van der Waals surface area contributed by atoms with Crippen molar-refractivity contribution in [3.8, 4) is 0 Å². The highest BCUT2D eigenvalue weighted by molar-refractivity contribution is 6.32. The lowest BCUT2D eigenvalue weighted by atomic mass is 10.1. The Kier molecular flexibility index (Phi) is 5.54. The standard InChI is InChI=1S/C15H16ClN3O2/c16-14-12(7-4-9-17-14)19-15(21)18-10-8-13(20)11-5-2-1-3-6-11/h1-7,9,13,20H,8,10H2,(H2,18,19,21). The first kappa shape index (κ1) is 15.3. The predicted molar refractivity (Wildman–Crippen MR) is 82.3 cm³/mol. The lowest BCUT2D eigenvalue weighted by molar-refractivity contribution is 0.167. The van der Waals surface area contributed by atoms with Gasteiger partial charge in [-0.2, -0.15) is 0 Å². The number of nitrogens with one attached hydrogen (secondary N) is 2. The Hall–Kier alpha value is -2.11. The molecule has 0 spiro atoms. The molecular weight excluding hydrogens is 290 g/mol. The Morgan fingerprint density at radius 2 is 2.00 bits per heavy atom. The first-order valence-electron chi connectivity index (χ1n) is 6.55. The number of halogens is 1. The van der Waals surface area contributed by atoms with Crippen molar-refractivity contribution < 1.29 is 9.90 Å². The molecule has 5 nitrogen and oxygen atoms in total. The van der Waals surface area contributed by atoms with E-state index in [1.165, 1.54) is 0 Å². The number of pyridine rings is 1. The number of hydrogen-bond acceptors (Lipinski definition) is 3. The zero-order valence-corrected chi connectivity index (χ0v) is 12.0. The van der Waals surface area contributed by atoms with Crippen LogP contribution in [0.15, 0.2) is 48.7 Å².